The molecule has 0 aromatic carbocycles. The Kier molecular flexibility index (Phi) is 3.36. The maximum Gasteiger partial charge on any atom is 0.323 e. The lowest BCUT2D eigenvalue weighted by molar-refractivity contribution is 0.0741. The first-order chi connectivity index (χ1) is 11.2. The van der Waals surface area contributed by atoms with Crippen LogP contribution in [-0.4, -0.2) is 57.2 Å². The third-order valence-corrected chi connectivity index (χ3v) is 4.52. The zero-order valence-corrected chi connectivity index (χ0v) is 12.7. The van der Waals surface area contributed by atoms with Gasteiger partial charge in [-0.1, -0.05) is 0 Å². The summed E-state index contributed by atoms with van der Waals surface area (Å²) in [4.78, 5) is 32.3. The van der Waals surface area contributed by atoms with Crippen LogP contribution in [0.4, 0.5) is 5.82 Å². The molecule has 4 rings (SSSR count). The zero-order valence-electron chi connectivity index (χ0n) is 12.7. The van der Waals surface area contributed by atoms with Crippen molar-refractivity contribution in [1.29, 1.82) is 0 Å². The van der Waals surface area contributed by atoms with Crippen LogP contribution in [0.3, 0.4) is 0 Å². The smallest absolute Gasteiger partial charge is 0.323 e. The van der Waals surface area contributed by atoms with Crippen molar-refractivity contribution in [3.63, 3.8) is 0 Å². The topological polar surface area (TPSA) is 98.0 Å². The van der Waals surface area contributed by atoms with Crippen molar-refractivity contribution in [3.8, 4) is 0 Å². The second-order valence-electron chi connectivity index (χ2n) is 5.96. The van der Waals surface area contributed by atoms with Crippen LogP contribution in [-0.2, 0) is 12.8 Å². The number of aromatic nitrogens is 4. The number of amides is 1. The highest BCUT2D eigenvalue weighted by Crippen LogP contribution is 2.23. The van der Waals surface area contributed by atoms with Crippen molar-refractivity contribution >= 4 is 11.7 Å². The minimum atomic E-state index is -0.361. The summed E-state index contributed by atoms with van der Waals surface area (Å²) in [6.07, 6.45) is 4.69. The number of aromatic amines is 2. The maximum absolute atomic E-state index is 12.3. The van der Waals surface area contributed by atoms with Crippen LogP contribution in [0.2, 0.25) is 0 Å². The number of nitrogens with one attached hydrogen (secondary N) is 2. The average molecular weight is 314 g/mol. The molecule has 2 aliphatic rings. The zero-order chi connectivity index (χ0) is 15.8. The molecular formula is C15H18N6O2. The number of carbonyl (C=O) groups is 1. The highest BCUT2D eigenvalue weighted by Gasteiger charge is 2.25. The summed E-state index contributed by atoms with van der Waals surface area (Å²) >= 11 is 0. The van der Waals surface area contributed by atoms with E-state index in [4.69, 9.17) is 0 Å². The van der Waals surface area contributed by atoms with Gasteiger partial charge in [-0.2, -0.15) is 5.10 Å². The van der Waals surface area contributed by atoms with E-state index in [2.05, 4.69) is 31.1 Å². The molecular weight excluding hydrogens is 296 g/mol. The van der Waals surface area contributed by atoms with E-state index in [9.17, 15) is 9.59 Å². The molecule has 0 unspecified atom stereocenters. The molecule has 8 heteroatoms. The number of piperazine rings is 1. The van der Waals surface area contributed by atoms with E-state index in [1.165, 1.54) is 11.8 Å². The summed E-state index contributed by atoms with van der Waals surface area (Å²) < 4.78 is 0. The quantitative estimate of drug-likeness (QED) is 0.809. The van der Waals surface area contributed by atoms with Crippen molar-refractivity contribution in [1.82, 2.24) is 25.1 Å². The Morgan fingerprint density at radius 1 is 1.13 bits per heavy atom. The van der Waals surface area contributed by atoms with Gasteiger partial charge in [0.05, 0.1) is 5.69 Å². The molecule has 2 aromatic heterocycles. The number of hydrogen-bond acceptors (Lipinski definition) is 5. The van der Waals surface area contributed by atoms with E-state index in [1.54, 1.807) is 4.90 Å². The molecule has 0 bridgehead atoms. The van der Waals surface area contributed by atoms with E-state index in [0.717, 1.165) is 30.8 Å². The fourth-order valence-corrected chi connectivity index (χ4v) is 3.23. The summed E-state index contributed by atoms with van der Waals surface area (Å²) in [5.41, 5.74) is 2.37. The molecule has 1 saturated heterocycles. The van der Waals surface area contributed by atoms with Gasteiger partial charge in [0, 0.05) is 32.4 Å². The van der Waals surface area contributed by atoms with Gasteiger partial charge in [0.15, 0.2) is 5.82 Å². The lowest BCUT2D eigenvalue weighted by atomic mass is 10.2. The second-order valence-corrected chi connectivity index (χ2v) is 5.96. The largest absolute Gasteiger partial charge is 0.352 e. The van der Waals surface area contributed by atoms with Crippen LogP contribution in [0.1, 0.15) is 28.2 Å². The van der Waals surface area contributed by atoms with Crippen molar-refractivity contribution in [2.45, 2.75) is 19.3 Å². The number of carbonyl (C=O) groups excluding carboxylic acids is 1. The molecule has 0 saturated carbocycles. The van der Waals surface area contributed by atoms with Crippen LogP contribution >= 0.6 is 0 Å². The molecule has 0 atom stereocenters. The third-order valence-electron chi connectivity index (χ3n) is 4.52. The van der Waals surface area contributed by atoms with Crippen LogP contribution < -0.4 is 10.6 Å². The van der Waals surface area contributed by atoms with Crippen molar-refractivity contribution in [2.24, 2.45) is 0 Å². The molecule has 0 spiro atoms. The molecule has 0 radical (unpaired) electrons. The lowest BCUT2D eigenvalue weighted by Crippen LogP contribution is -2.49. The molecule has 1 amide bonds. The third kappa shape index (κ3) is 2.60. The van der Waals surface area contributed by atoms with Gasteiger partial charge in [-0.25, -0.2) is 4.79 Å². The monoisotopic (exact) mass is 314 g/mol. The Balaban J connectivity index is 1.43. The highest BCUT2D eigenvalue weighted by atomic mass is 16.2. The number of hydrogen-bond donors (Lipinski definition) is 2. The van der Waals surface area contributed by atoms with Gasteiger partial charge >= 0.3 is 5.69 Å². The number of aryl methyl sites for hydroxylation is 2. The molecule has 1 aliphatic carbocycles. The van der Waals surface area contributed by atoms with Crippen LogP contribution in [0.5, 0.6) is 0 Å². The molecule has 120 valence electrons. The van der Waals surface area contributed by atoms with E-state index in [0.29, 0.717) is 31.9 Å². The molecule has 2 N–H and O–H groups in total. The summed E-state index contributed by atoms with van der Waals surface area (Å²) in [5.74, 6) is 0.746. The lowest BCUT2D eigenvalue weighted by Gasteiger charge is -2.35. The van der Waals surface area contributed by atoms with Crippen LogP contribution in [0.25, 0.3) is 0 Å². The summed E-state index contributed by atoms with van der Waals surface area (Å²) in [7, 11) is 0. The average Bonchev–Trinajstić information content (AvgIpc) is 3.22. The highest BCUT2D eigenvalue weighted by molar-refractivity contribution is 5.92. The number of H-pyrrole nitrogens is 2. The van der Waals surface area contributed by atoms with Gasteiger partial charge < -0.3 is 19.8 Å². The first kappa shape index (κ1) is 14.0. The standard InChI is InChI=1S/C15H18N6O2/c22-14(12-9-16-15(23)17-12)21-6-4-20(5-7-21)13-8-10-2-1-3-11(10)18-19-13/h8-9H,1-7H2,(H2,16,17,23). The number of anilines is 1. The van der Waals surface area contributed by atoms with Crippen molar-refractivity contribution in [3.05, 3.63) is 39.7 Å². The maximum atomic E-state index is 12.3. The van der Waals surface area contributed by atoms with E-state index < -0.39 is 0 Å². The second kappa shape index (κ2) is 5.53. The fourth-order valence-electron chi connectivity index (χ4n) is 3.23. The Morgan fingerprint density at radius 3 is 2.70 bits per heavy atom. The van der Waals surface area contributed by atoms with Gasteiger partial charge in [-0.15, -0.1) is 5.10 Å². The van der Waals surface area contributed by atoms with Gasteiger partial charge in [0.2, 0.25) is 0 Å². The first-order valence-electron chi connectivity index (χ1n) is 7.88. The van der Waals surface area contributed by atoms with Crippen molar-refractivity contribution in [2.75, 3.05) is 31.1 Å². The Morgan fingerprint density at radius 2 is 1.96 bits per heavy atom. The normalized spacial score (nSPS) is 17.4. The number of nitrogens with zero attached hydrogens (tertiary/aromatic N) is 4. The predicted molar refractivity (Wildman–Crippen MR) is 83.6 cm³/mol. The Bertz CT molecular complexity index is 787. The fraction of sp³-hybridized carbons (Fsp3) is 0.467. The van der Waals surface area contributed by atoms with Crippen LogP contribution in [0.15, 0.2) is 17.1 Å². The van der Waals surface area contributed by atoms with E-state index >= 15 is 0 Å². The molecule has 23 heavy (non-hydrogen) atoms. The Hall–Kier alpha value is -2.64. The van der Waals surface area contributed by atoms with Crippen LogP contribution in [0, 0.1) is 0 Å². The summed E-state index contributed by atoms with van der Waals surface area (Å²) in [6, 6.07) is 2.14. The predicted octanol–water partition coefficient (Wildman–Crippen LogP) is -0.0559. The Labute approximate surface area is 132 Å². The minimum Gasteiger partial charge on any atom is -0.352 e. The number of rotatable bonds is 2. The minimum absolute atomic E-state index is 0.150. The van der Waals surface area contributed by atoms with E-state index in [1.807, 2.05) is 0 Å². The van der Waals surface area contributed by atoms with Gasteiger partial charge in [-0.3, -0.25) is 4.79 Å². The summed E-state index contributed by atoms with van der Waals surface area (Å²) in [5, 5.41) is 8.65. The molecule has 3 heterocycles. The van der Waals surface area contributed by atoms with Gasteiger partial charge in [0.25, 0.3) is 5.91 Å². The van der Waals surface area contributed by atoms with Crippen molar-refractivity contribution < 1.29 is 4.79 Å². The number of fused-ring (bicyclic) bond motifs is 1. The first-order valence-corrected chi connectivity index (χ1v) is 7.88. The SMILES string of the molecule is O=C(c1c[nH]c(=O)[nH]1)N1CCN(c2cc3c(nn2)CCC3)CC1. The van der Waals surface area contributed by atoms with Gasteiger partial charge in [0.1, 0.15) is 5.69 Å². The molecule has 8 nitrogen and oxygen atoms in total. The molecule has 1 fully saturated rings. The van der Waals surface area contributed by atoms with E-state index in [-0.39, 0.29) is 11.6 Å². The van der Waals surface area contributed by atoms with Gasteiger partial charge in [-0.05, 0) is 30.9 Å². The molecule has 2 aromatic rings. The summed E-state index contributed by atoms with van der Waals surface area (Å²) in [6.45, 7) is 2.64. The molecule has 1 aliphatic heterocycles. The number of imidazole rings is 1.